The van der Waals surface area contributed by atoms with Gasteiger partial charge in [-0.15, -0.1) is 0 Å². The molecule has 48 valence electrons. The Labute approximate surface area is 61.6 Å². The maximum Gasteiger partial charge on any atom is 0.171 e. The molecule has 0 amide bonds. The lowest BCUT2D eigenvalue weighted by Gasteiger charge is -1.77. The van der Waals surface area contributed by atoms with Gasteiger partial charge in [0.05, 0.1) is 4.88 Å². The van der Waals surface area contributed by atoms with Gasteiger partial charge in [0.15, 0.2) is 5.78 Å². The number of nitrogens with zero attached hydrogens (tertiary/aromatic N) is 1. The third-order valence-electron chi connectivity index (χ3n) is 0.828. The number of aromatic nitrogens is 1. The fourth-order valence-electron chi connectivity index (χ4n) is 0.420. The minimum atomic E-state index is 0.0133. The highest BCUT2D eigenvalue weighted by Crippen LogP contribution is 2.14. The first-order valence-corrected chi connectivity index (χ1v) is 3.48. The summed E-state index contributed by atoms with van der Waals surface area (Å²) < 4.78 is 3.72. The van der Waals surface area contributed by atoms with Gasteiger partial charge in [-0.2, -0.15) is 4.37 Å². The molecule has 0 saturated carbocycles. The van der Waals surface area contributed by atoms with Crippen LogP contribution >= 0.6 is 23.1 Å². The second-order valence-electron chi connectivity index (χ2n) is 1.57. The van der Waals surface area contributed by atoms with Gasteiger partial charge in [0.2, 0.25) is 0 Å². The summed E-state index contributed by atoms with van der Waals surface area (Å²) in [5.41, 5.74) is 0. The van der Waals surface area contributed by atoms with Crippen molar-refractivity contribution >= 4 is 28.9 Å². The summed E-state index contributed by atoms with van der Waals surface area (Å²) in [6.45, 7) is 1.49. The molecule has 0 radical (unpaired) electrons. The van der Waals surface area contributed by atoms with E-state index in [2.05, 4.69) is 4.37 Å². The molecule has 1 rings (SSSR count). The predicted octanol–water partition coefficient (Wildman–Crippen LogP) is 2.00. The van der Waals surface area contributed by atoms with Gasteiger partial charge in [-0.05, 0) is 17.6 Å². The lowest BCUT2D eigenvalue weighted by atomic mass is 10.4. The Hall–Kier alpha value is -0.410. The minimum absolute atomic E-state index is 0.0133. The Bertz CT molecular complexity index is 233. The molecule has 1 aromatic heterocycles. The van der Waals surface area contributed by atoms with Gasteiger partial charge in [0.25, 0.3) is 0 Å². The Kier molecular flexibility index (Phi) is 1.83. The number of carbonyl (C=O) groups excluding carboxylic acids is 1. The zero-order valence-electron chi connectivity index (χ0n) is 4.72. The van der Waals surface area contributed by atoms with E-state index in [1.807, 2.05) is 0 Å². The van der Waals surface area contributed by atoms with Gasteiger partial charge in [0.1, 0.15) is 5.15 Å². The summed E-state index contributed by atoms with van der Waals surface area (Å²) in [5, 5.41) is 0.394. The largest absolute Gasteiger partial charge is 0.294 e. The molecule has 0 aliphatic heterocycles. The number of ketones is 1. The van der Waals surface area contributed by atoms with Crippen LogP contribution in [0.2, 0.25) is 5.15 Å². The molecule has 1 aromatic rings. The Morgan fingerprint density at radius 3 is 2.78 bits per heavy atom. The normalized spacial score (nSPS) is 9.56. The van der Waals surface area contributed by atoms with Gasteiger partial charge >= 0.3 is 0 Å². The summed E-state index contributed by atoms with van der Waals surface area (Å²) in [4.78, 5) is 11.2. The third kappa shape index (κ3) is 1.50. The Morgan fingerprint density at radius 2 is 2.56 bits per heavy atom. The highest BCUT2D eigenvalue weighted by molar-refractivity contribution is 7.08. The van der Waals surface area contributed by atoms with Crippen LogP contribution < -0.4 is 0 Å². The first kappa shape index (κ1) is 6.71. The summed E-state index contributed by atoms with van der Waals surface area (Å²) >= 11 is 6.58. The summed E-state index contributed by atoms with van der Waals surface area (Å²) in [6.07, 6.45) is 0. The van der Waals surface area contributed by atoms with Crippen molar-refractivity contribution in [1.82, 2.24) is 4.37 Å². The van der Waals surface area contributed by atoms with Crippen molar-refractivity contribution in [2.75, 3.05) is 0 Å². The average molecular weight is 162 g/mol. The number of carbonyl (C=O) groups is 1. The Morgan fingerprint density at radius 1 is 1.89 bits per heavy atom. The van der Waals surface area contributed by atoms with Crippen molar-refractivity contribution in [1.29, 1.82) is 0 Å². The highest BCUT2D eigenvalue weighted by atomic mass is 35.5. The number of rotatable bonds is 1. The summed E-state index contributed by atoms with van der Waals surface area (Å²) in [6, 6.07) is 1.56. The van der Waals surface area contributed by atoms with Crippen LogP contribution in [0.3, 0.4) is 0 Å². The smallest absolute Gasteiger partial charge is 0.171 e. The van der Waals surface area contributed by atoms with E-state index in [4.69, 9.17) is 11.6 Å². The van der Waals surface area contributed by atoms with Crippen LogP contribution in [0.5, 0.6) is 0 Å². The van der Waals surface area contributed by atoms with E-state index in [9.17, 15) is 4.79 Å². The van der Waals surface area contributed by atoms with Crippen molar-refractivity contribution in [2.24, 2.45) is 0 Å². The topological polar surface area (TPSA) is 30.0 Å². The van der Waals surface area contributed by atoms with Gasteiger partial charge in [-0.1, -0.05) is 11.6 Å². The van der Waals surface area contributed by atoms with Crippen molar-refractivity contribution in [3.63, 3.8) is 0 Å². The Balaban J connectivity index is 2.98. The maximum atomic E-state index is 10.6. The molecule has 0 aromatic carbocycles. The number of halogens is 1. The fourth-order valence-corrected chi connectivity index (χ4v) is 1.23. The summed E-state index contributed by atoms with van der Waals surface area (Å²) in [5.74, 6) is 0.0133. The van der Waals surface area contributed by atoms with Gasteiger partial charge < -0.3 is 0 Å². The molecule has 0 aliphatic carbocycles. The lowest BCUT2D eigenvalue weighted by Crippen LogP contribution is -1.83. The third-order valence-corrected chi connectivity index (χ3v) is 2.01. The van der Waals surface area contributed by atoms with Crippen LogP contribution in [-0.4, -0.2) is 10.2 Å². The zero-order valence-corrected chi connectivity index (χ0v) is 6.29. The van der Waals surface area contributed by atoms with E-state index in [0.717, 1.165) is 11.5 Å². The van der Waals surface area contributed by atoms with E-state index in [1.54, 1.807) is 6.07 Å². The molecule has 0 aliphatic rings. The van der Waals surface area contributed by atoms with Gasteiger partial charge in [0, 0.05) is 6.92 Å². The predicted molar refractivity (Wildman–Crippen MR) is 37.1 cm³/mol. The monoisotopic (exact) mass is 161 g/mol. The first-order chi connectivity index (χ1) is 4.20. The molecule has 1 heterocycles. The number of hydrogen-bond donors (Lipinski definition) is 0. The fraction of sp³-hybridized carbons (Fsp3) is 0.200. The van der Waals surface area contributed by atoms with E-state index in [0.29, 0.717) is 10.0 Å². The second kappa shape index (κ2) is 2.45. The molecule has 0 unspecified atom stereocenters. The molecule has 2 nitrogen and oxygen atoms in total. The molecule has 0 saturated heterocycles. The van der Waals surface area contributed by atoms with Crippen molar-refractivity contribution in [3.8, 4) is 0 Å². The molecule has 0 bridgehead atoms. The average Bonchev–Trinajstić information content (AvgIpc) is 2.14. The lowest BCUT2D eigenvalue weighted by molar-refractivity contribution is 0.102. The van der Waals surface area contributed by atoms with E-state index >= 15 is 0 Å². The zero-order chi connectivity index (χ0) is 6.85. The standard InChI is InChI=1S/C5H4ClNOS/c1-3(8)4-2-5(6)7-9-4/h2H,1H3. The molecule has 9 heavy (non-hydrogen) atoms. The van der Waals surface area contributed by atoms with Crippen LogP contribution in [0.15, 0.2) is 6.07 Å². The van der Waals surface area contributed by atoms with E-state index in [-0.39, 0.29) is 5.78 Å². The molecule has 0 atom stereocenters. The van der Waals surface area contributed by atoms with E-state index in [1.165, 1.54) is 6.92 Å². The SMILES string of the molecule is CC(=O)c1cc(Cl)ns1. The molecule has 0 fully saturated rings. The van der Waals surface area contributed by atoms with Crippen LogP contribution in [0, 0.1) is 0 Å². The van der Waals surface area contributed by atoms with Crippen LogP contribution in [-0.2, 0) is 0 Å². The second-order valence-corrected chi connectivity index (χ2v) is 2.76. The van der Waals surface area contributed by atoms with Gasteiger partial charge in [-0.25, -0.2) is 0 Å². The van der Waals surface area contributed by atoms with Crippen LogP contribution in [0.1, 0.15) is 16.6 Å². The van der Waals surface area contributed by atoms with Crippen molar-refractivity contribution < 1.29 is 4.79 Å². The molecule has 0 spiro atoms. The molecular weight excluding hydrogens is 158 g/mol. The van der Waals surface area contributed by atoms with Crippen LogP contribution in [0.4, 0.5) is 0 Å². The van der Waals surface area contributed by atoms with Gasteiger partial charge in [-0.3, -0.25) is 4.79 Å². The molecular formula is C5H4ClNOS. The summed E-state index contributed by atoms with van der Waals surface area (Å²) in [7, 11) is 0. The number of Topliss-reactive ketones (excluding diaryl/α,β-unsaturated/α-hetero) is 1. The minimum Gasteiger partial charge on any atom is -0.294 e. The molecule has 4 heteroatoms. The highest BCUT2D eigenvalue weighted by Gasteiger charge is 2.02. The van der Waals surface area contributed by atoms with Crippen molar-refractivity contribution in [2.45, 2.75) is 6.92 Å². The molecule has 0 N–H and O–H groups in total. The first-order valence-electron chi connectivity index (χ1n) is 2.33. The maximum absolute atomic E-state index is 10.6. The van der Waals surface area contributed by atoms with Crippen molar-refractivity contribution in [3.05, 3.63) is 16.1 Å². The van der Waals surface area contributed by atoms with Crippen LogP contribution in [0.25, 0.3) is 0 Å². The quantitative estimate of drug-likeness (QED) is 0.590. The van der Waals surface area contributed by atoms with E-state index < -0.39 is 0 Å². The number of hydrogen-bond acceptors (Lipinski definition) is 3.